The first-order chi connectivity index (χ1) is 8.58. The minimum absolute atomic E-state index is 0.00425. The molecule has 0 aliphatic carbocycles. The second-order valence-electron chi connectivity index (χ2n) is 4.12. The van der Waals surface area contributed by atoms with Crippen molar-refractivity contribution >= 4 is 37.8 Å². The van der Waals surface area contributed by atoms with Gasteiger partial charge in [0.2, 0.25) is 0 Å². The van der Waals surface area contributed by atoms with Gasteiger partial charge in [-0.2, -0.15) is 0 Å². The van der Waals surface area contributed by atoms with Crippen LogP contribution in [0.2, 0.25) is 0 Å². The van der Waals surface area contributed by atoms with Crippen LogP contribution in [0.3, 0.4) is 0 Å². The van der Waals surface area contributed by atoms with Gasteiger partial charge in [0.15, 0.2) is 0 Å². The van der Waals surface area contributed by atoms with Crippen LogP contribution in [-0.2, 0) is 0 Å². The van der Waals surface area contributed by atoms with Gasteiger partial charge in [-0.25, -0.2) is 0 Å². The SMILES string of the molecule is CCC(CCBr)CNC(=O)c1ccc(Br)cc1O. The molecule has 1 rings (SSSR count). The molecule has 2 N–H and O–H groups in total. The Morgan fingerprint density at radius 1 is 1.50 bits per heavy atom. The van der Waals surface area contributed by atoms with Gasteiger partial charge in [0, 0.05) is 16.3 Å². The van der Waals surface area contributed by atoms with Crippen molar-refractivity contribution in [2.24, 2.45) is 5.92 Å². The van der Waals surface area contributed by atoms with E-state index in [1.165, 1.54) is 6.07 Å². The Hall–Kier alpha value is -0.550. The fraction of sp³-hybridized carbons (Fsp3) is 0.462. The molecule has 3 nitrogen and oxygen atoms in total. The summed E-state index contributed by atoms with van der Waals surface area (Å²) in [4.78, 5) is 11.9. The van der Waals surface area contributed by atoms with Gasteiger partial charge in [0.05, 0.1) is 5.56 Å². The topological polar surface area (TPSA) is 49.3 Å². The first kappa shape index (κ1) is 15.5. The number of benzene rings is 1. The maximum atomic E-state index is 11.9. The number of carbonyl (C=O) groups is 1. The van der Waals surface area contributed by atoms with Gasteiger partial charge in [-0.05, 0) is 30.5 Å². The second-order valence-corrected chi connectivity index (χ2v) is 5.83. The number of hydrogen-bond donors (Lipinski definition) is 2. The van der Waals surface area contributed by atoms with Crippen LogP contribution in [-0.4, -0.2) is 22.9 Å². The lowest BCUT2D eigenvalue weighted by Gasteiger charge is -2.14. The molecule has 100 valence electrons. The van der Waals surface area contributed by atoms with Crippen LogP contribution in [0.4, 0.5) is 0 Å². The van der Waals surface area contributed by atoms with E-state index in [1.54, 1.807) is 12.1 Å². The van der Waals surface area contributed by atoms with Crippen LogP contribution in [0.25, 0.3) is 0 Å². The van der Waals surface area contributed by atoms with E-state index in [4.69, 9.17) is 0 Å². The fourth-order valence-electron chi connectivity index (χ4n) is 1.63. The summed E-state index contributed by atoms with van der Waals surface area (Å²) < 4.78 is 0.752. The molecule has 0 saturated carbocycles. The van der Waals surface area contributed by atoms with E-state index in [0.29, 0.717) is 18.0 Å². The minimum Gasteiger partial charge on any atom is -0.507 e. The molecule has 1 unspecified atom stereocenters. The number of phenolic OH excluding ortho intramolecular Hbond substituents is 1. The van der Waals surface area contributed by atoms with Gasteiger partial charge in [0.1, 0.15) is 5.75 Å². The Morgan fingerprint density at radius 2 is 2.22 bits per heavy atom. The number of carbonyl (C=O) groups excluding carboxylic acids is 1. The molecule has 0 radical (unpaired) electrons. The summed E-state index contributed by atoms with van der Waals surface area (Å²) in [7, 11) is 0. The zero-order valence-electron chi connectivity index (χ0n) is 10.2. The summed E-state index contributed by atoms with van der Waals surface area (Å²) >= 11 is 6.65. The monoisotopic (exact) mass is 377 g/mol. The maximum absolute atomic E-state index is 11.9. The molecule has 0 aromatic heterocycles. The summed E-state index contributed by atoms with van der Waals surface area (Å²) in [6, 6.07) is 4.87. The predicted octanol–water partition coefficient (Wildman–Crippen LogP) is 3.70. The van der Waals surface area contributed by atoms with Crippen molar-refractivity contribution in [3.63, 3.8) is 0 Å². The number of nitrogens with one attached hydrogen (secondary N) is 1. The Balaban J connectivity index is 2.59. The van der Waals surface area contributed by atoms with E-state index >= 15 is 0 Å². The van der Waals surface area contributed by atoms with Crippen LogP contribution in [0.15, 0.2) is 22.7 Å². The zero-order valence-corrected chi connectivity index (χ0v) is 13.4. The predicted molar refractivity (Wildman–Crippen MR) is 80.3 cm³/mol. The van der Waals surface area contributed by atoms with Gasteiger partial charge in [-0.15, -0.1) is 0 Å². The van der Waals surface area contributed by atoms with Crippen molar-refractivity contribution in [3.05, 3.63) is 28.2 Å². The highest BCUT2D eigenvalue weighted by molar-refractivity contribution is 9.10. The van der Waals surface area contributed by atoms with E-state index in [-0.39, 0.29) is 11.7 Å². The molecular weight excluding hydrogens is 362 g/mol. The number of alkyl halides is 1. The molecule has 1 aromatic rings. The third-order valence-electron chi connectivity index (χ3n) is 2.85. The molecule has 5 heteroatoms. The highest BCUT2D eigenvalue weighted by Crippen LogP contribution is 2.22. The molecule has 0 spiro atoms. The number of hydrogen-bond acceptors (Lipinski definition) is 2. The normalized spacial score (nSPS) is 12.2. The summed E-state index contributed by atoms with van der Waals surface area (Å²) in [5, 5.41) is 13.5. The third-order valence-corrected chi connectivity index (χ3v) is 3.80. The van der Waals surface area contributed by atoms with E-state index < -0.39 is 0 Å². The molecule has 0 aliphatic rings. The molecule has 0 bridgehead atoms. The Kier molecular flexibility index (Phi) is 6.71. The van der Waals surface area contributed by atoms with Crippen molar-refractivity contribution < 1.29 is 9.90 Å². The molecular formula is C13H17Br2NO2. The lowest BCUT2D eigenvalue weighted by atomic mass is 10.0. The first-order valence-electron chi connectivity index (χ1n) is 5.91. The van der Waals surface area contributed by atoms with Crippen molar-refractivity contribution in [2.45, 2.75) is 19.8 Å². The van der Waals surface area contributed by atoms with Crippen LogP contribution >= 0.6 is 31.9 Å². The van der Waals surface area contributed by atoms with Gasteiger partial charge >= 0.3 is 0 Å². The van der Waals surface area contributed by atoms with Crippen LogP contribution in [0.5, 0.6) is 5.75 Å². The Morgan fingerprint density at radius 3 is 2.78 bits per heavy atom. The lowest BCUT2D eigenvalue weighted by Crippen LogP contribution is -2.29. The van der Waals surface area contributed by atoms with Crippen molar-refractivity contribution in [1.82, 2.24) is 5.32 Å². The largest absolute Gasteiger partial charge is 0.507 e. The molecule has 1 amide bonds. The fourth-order valence-corrected chi connectivity index (χ4v) is 2.63. The van der Waals surface area contributed by atoms with E-state index in [2.05, 4.69) is 44.1 Å². The molecule has 1 atom stereocenters. The lowest BCUT2D eigenvalue weighted by molar-refractivity contribution is 0.0944. The average Bonchev–Trinajstić information content (AvgIpc) is 2.34. The van der Waals surface area contributed by atoms with Gasteiger partial charge in [-0.1, -0.05) is 45.2 Å². The average molecular weight is 379 g/mol. The highest BCUT2D eigenvalue weighted by atomic mass is 79.9. The second kappa shape index (κ2) is 7.79. The van der Waals surface area contributed by atoms with Crippen molar-refractivity contribution in [1.29, 1.82) is 0 Å². The number of amides is 1. The molecule has 18 heavy (non-hydrogen) atoms. The third kappa shape index (κ3) is 4.61. The van der Waals surface area contributed by atoms with E-state index in [9.17, 15) is 9.90 Å². The van der Waals surface area contributed by atoms with E-state index in [0.717, 1.165) is 22.6 Å². The maximum Gasteiger partial charge on any atom is 0.255 e. The first-order valence-corrected chi connectivity index (χ1v) is 7.82. The molecule has 0 aliphatic heterocycles. The van der Waals surface area contributed by atoms with Crippen LogP contribution < -0.4 is 5.32 Å². The molecule has 0 fully saturated rings. The van der Waals surface area contributed by atoms with Gasteiger partial charge in [0.25, 0.3) is 5.91 Å². The molecule has 1 aromatic carbocycles. The molecule has 0 saturated heterocycles. The van der Waals surface area contributed by atoms with Crippen LogP contribution in [0.1, 0.15) is 30.1 Å². The quantitative estimate of drug-likeness (QED) is 0.741. The number of aromatic hydroxyl groups is 1. The minimum atomic E-state index is -0.229. The standard InChI is InChI=1S/C13H17Br2NO2/c1-2-9(5-6-14)8-16-13(18)11-4-3-10(15)7-12(11)17/h3-4,7,9,17H,2,5-6,8H2,1H3,(H,16,18). The number of phenols is 1. The number of rotatable bonds is 6. The smallest absolute Gasteiger partial charge is 0.255 e. The van der Waals surface area contributed by atoms with E-state index in [1.807, 2.05) is 0 Å². The Bertz CT molecular complexity index is 410. The molecule has 0 heterocycles. The Labute approximate surface area is 124 Å². The highest BCUT2D eigenvalue weighted by Gasteiger charge is 2.13. The van der Waals surface area contributed by atoms with Gasteiger partial charge in [-0.3, -0.25) is 4.79 Å². The summed E-state index contributed by atoms with van der Waals surface area (Å²) in [6.07, 6.45) is 2.06. The van der Waals surface area contributed by atoms with Crippen LogP contribution in [0, 0.1) is 5.92 Å². The summed E-state index contributed by atoms with van der Waals surface area (Å²) in [5.74, 6) is 0.231. The van der Waals surface area contributed by atoms with Crippen molar-refractivity contribution in [2.75, 3.05) is 11.9 Å². The summed E-state index contributed by atoms with van der Waals surface area (Å²) in [6.45, 7) is 2.74. The van der Waals surface area contributed by atoms with Crippen molar-refractivity contribution in [3.8, 4) is 5.75 Å². The zero-order chi connectivity index (χ0) is 13.5. The summed E-state index contributed by atoms with van der Waals surface area (Å²) in [5.41, 5.74) is 0.312. The van der Waals surface area contributed by atoms with Gasteiger partial charge < -0.3 is 10.4 Å². The number of halogens is 2.